The predicted molar refractivity (Wildman–Crippen MR) is 100 cm³/mol. The van der Waals surface area contributed by atoms with Gasteiger partial charge in [0.15, 0.2) is 5.96 Å². The number of methoxy groups -OCH3 is 1. The first kappa shape index (κ1) is 20.4. The first-order chi connectivity index (χ1) is 10.8. The fourth-order valence-corrected chi connectivity index (χ4v) is 2.86. The van der Waals surface area contributed by atoms with Crippen LogP contribution in [0, 0.1) is 0 Å². The molecule has 0 saturated carbocycles. The number of nitrogens with zero attached hydrogens (tertiary/aromatic N) is 3. The van der Waals surface area contributed by atoms with Gasteiger partial charge in [0, 0.05) is 60.1 Å². The average molecular weight is 440 g/mol. The Morgan fingerprint density at radius 1 is 1.30 bits per heavy atom. The molecular weight excluding hydrogens is 411 g/mol. The minimum Gasteiger partial charge on any atom is -0.385 e. The van der Waals surface area contributed by atoms with Crippen molar-refractivity contribution >= 4 is 35.8 Å². The van der Waals surface area contributed by atoms with Gasteiger partial charge in [0.25, 0.3) is 5.91 Å². The number of nitrogens with one attached hydrogen (secondary N) is 1. The number of halogens is 1. The maximum atomic E-state index is 12.3. The minimum absolute atomic E-state index is 0. The summed E-state index contributed by atoms with van der Waals surface area (Å²) >= 11 is 0. The van der Waals surface area contributed by atoms with E-state index in [0.29, 0.717) is 6.61 Å². The third kappa shape index (κ3) is 6.07. The SMILES string of the molecule is CN=C(NCCCOC)N1CCN(C(=O)C2CCCO2)CC1.I. The van der Waals surface area contributed by atoms with Crippen molar-refractivity contribution in [1.29, 1.82) is 0 Å². The number of carbonyl (C=O) groups is 1. The molecular formula is C15H29IN4O3. The minimum atomic E-state index is -0.210. The largest absolute Gasteiger partial charge is 0.385 e. The molecule has 1 atom stereocenters. The Bertz CT molecular complexity index is 381. The van der Waals surface area contributed by atoms with Crippen LogP contribution in [0.5, 0.6) is 0 Å². The van der Waals surface area contributed by atoms with Gasteiger partial charge in [-0.2, -0.15) is 0 Å². The second kappa shape index (κ2) is 11.0. The molecule has 23 heavy (non-hydrogen) atoms. The summed E-state index contributed by atoms with van der Waals surface area (Å²) in [7, 11) is 3.50. The van der Waals surface area contributed by atoms with E-state index in [4.69, 9.17) is 9.47 Å². The van der Waals surface area contributed by atoms with Gasteiger partial charge < -0.3 is 24.6 Å². The monoisotopic (exact) mass is 440 g/mol. The summed E-state index contributed by atoms with van der Waals surface area (Å²) in [4.78, 5) is 20.8. The quantitative estimate of drug-likeness (QED) is 0.293. The molecule has 0 radical (unpaired) electrons. The van der Waals surface area contributed by atoms with Gasteiger partial charge in [-0.3, -0.25) is 9.79 Å². The molecule has 2 fully saturated rings. The lowest BCUT2D eigenvalue weighted by Crippen LogP contribution is -2.55. The molecule has 2 rings (SSSR count). The van der Waals surface area contributed by atoms with E-state index in [1.807, 2.05) is 4.90 Å². The summed E-state index contributed by atoms with van der Waals surface area (Å²) < 4.78 is 10.5. The second-order valence-corrected chi connectivity index (χ2v) is 5.63. The van der Waals surface area contributed by atoms with E-state index in [9.17, 15) is 4.79 Å². The highest BCUT2D eigenvalue weighted by Crippen LogP contribution is 2.16. The number of hydrogen-bond acceptors (Lipinski definition) is 4. The van der Waals surface area contributed by atoms with Gasteiger partial charge in [0.1, 0.15) is 6.10 Å². The Balaban J connectivity index is 0.00000264. The van der Waals surface area contributed by atoms with E-state index in [1.54, 1.807) is 14.2 Å². The second-order valence-electron chi connectivity index (χ2n) is 5.63. The molecule has 0 aromatic rings. The van der Waals surface area contributed by atoms with Crippen molar-refractivity contribution in [2.75, 3.05) is 60.1 Å². The number of piperazine rings is 1. The summed E-state index contributed by atoms with van der Waals surface area (Å²) in [6, 6.07) is 0. The summed E-state index contributed by atoms with van der Waals surface area (Å²) in [5, 5.41) is 3.34. The van der Waals surface area contributed by atoms with Crippen molar-refractivity contribution in [3.63, 3.8) is 0 Å². The number of carbonyl (C=O) groups excluding carboxylic acids is 1. The van der Waals surface area contributed by atoms with E-state index in [-0.39, 0.29) is 36.0 Å². The predicted octanol–water partition coefficient (Wildman–Crippen LogP) is 0.540. The van der Waals surface area contributed by atoms with Gasteiger partial charge in [0.05, 0.1) is 0 Å². The zero-order valence-corrected chi connectivity index (χ0v) is 16.5. The number of amides is 1. The molecule has 0 aromatic carbocycles. The molecule has 0 spiro atoms. The standard InChI is InChI=1S/C15H28N4O3.HI/c1-16-15(17-6-4-11-21-2)19-9-7-18(8-10-19)14(20)13-5-3-12-22-13;/h13H,3-12H2,1-2H3,(H,16,17);1H. The third-order valence-corrected chi connectivity index (χ3v) is 4.12. The Hall–Kier alpha value is -0.610. The Labute approximate surface area is 155 Å². The fourth-order valence-electron chi connectivity index (χ4n) is 2.86. The zero-order chi connectivity index (χ0) is 15.8. The fraction of sp³-hybridized carbons (Fsp3) is 0.867. The molecule has 8 heteroatoms. The molecule has 0 bridgehead atoms. The summed E-state index contributed by atoms with van der Waals surface area (Å²) in [6.07, 6.45) is 2.60. The number of rotatable bonds is 5. The van der Waals surface area contributed by atoms with Crippen LogP contribution in [0.15, 0.2) is 4.99 Å². The van der Waals surface area contributed by atoms with Gasteiger partial charge in [-0.15, -0.1) is 24.0 Å². The topological polar surface area (TPSA) is 66.4 Å². The first-order valence-electron chi connectivity index (χ1n) is 8.11. The maximum Gasteiger partial charge on any atom is 0.251 e. The smallest absolute Gasteiger partial charge is 0.251 e. The Kier molecular flexibility index (Phi) is 9.80. The van der Waals surface area contributed by atoms with Crippen molar-refractivity contribution in [2.24, 2.45) is 4.99 Å². The van der Waals surface area contributed by atoms with Crippen molar-refractivity contribution in [3.8, 4) is 0 Å². The summed E-state index contributed by atoms with van der Waals surface area (Å²) in [6.45, 7) is 5.39. The summed E-state index contributed by atoms with van der Waals surface area (Å²) in [5.74, 6) is 1.06. The van der Waals surface area contributed by atoms with Crippen LogP contribution >= 0.6 is 24.0 Å². The summed E-state index contributed by atoms with van der Waals surface area (Å²) in [5.41, 5.74) is 0. The molecule has 134 valence electrons. The van der Waals surface area contributed by atoms with E-state index in [2.05, 4.69) is 15.2 Å². The van der Waals surface area contributed by atoms with Gasteiger partial charge in [-0.25, -0.2) is 0 Å². The van der Waals surface area contributed by atoms with Crippen LogP contribution in [-0.4, -0.2) is 87.9 Å². The average Bonchev–Trinajstić information content (AvgIpc) is 3.09. The van der Waals surface area contributed by atoms with Crippen LogP contribution < -0.4 is 5.32 Å². The van der Waals surface area contributed by atoms with Crippen LogP contribution in [-0.2, 0) is 14.3 Å². The zero-order valence-electron chi connectivity index (χ0n) is 14.1. The van der Waals surface area contributed by atoms with Gasteiger partial charge in [-0.1, -0.05) is 0 Å². The molecule has 2 aliphatic rings. The molecule has 0 aromatic heterocycles. The number of ether oxygens (including phenoxy) is 2. The molecule has 1 unspecified atom stereocenters. The lowest BCUT2D eigenvalue weighted by atomic mass is 10.2. The van der Waals surface area contributed by atoms with Crippen molar-refractivity contribution < 1.29 is 14.3 Å². The van der Waals surface area contributed by atoms with Crippen molar-refractivity contribution in [2.45, 2.75) is 25.4 Å². The highest BCUT2D eigenvalue weighted by atomic mass is 127. The lowest BCUT2D eigenvalue weighted by Gasteiger charge is -2.37. The van der Waals surface area contributed by atoms with Crippen LogP contribution in [0.3, 0.4) is 0 Å². The highest BCUT2D eigenvalue weighted by Gasteiger charge is 2.30. The third-order valence-electron chi connectivity index (χ3n) is 4.12. The molecule has 2 saturated heterocycles. The van der Waals surface area contributed by atoms with E-state index < -0.39 is 0 Å². The van der Waals surface area contributed by atoms with Crippen molar-refractivity contribution in [3.05, 3.63) is 0 Å². The van der Waals surface area contributed by atoms with E-state index in [1.165, 1.54) is 0 Å². The maximum absolute atomic E-state index is 12.3. The molecule has 2 heterocycles. The van der Waals surface area contributed by atoms with Gasteiger partial charge in [-0.05, 0) is 19.3 Å². The number of hydrogen-bond donors (Lipinski definition) is 1. The highest BCUT2D eigenvalue weighted by molar-refractivity contribution is 14.0. The molecule has 7 nitrogen and oxygen atoms in total. The molecule has 1 N–H and O–H groups in total. The van der Waals surface area contributed by atoms with Crippen molar-refractivity contribution in [1.82, 2.24) is 15.1 Å². The molecule has 0 aliphatic carbocycles. The number of aliphatic imine (C=N–C) groups is 1. The van der Waals surface area contributed by atoms with Gasteiger partial charge >= 0.3 is 0 Å². The van der Waals surface area contributed by atoms with Crippen LogP contribution in [0.1, 0.15) is 19.3 Å². The number of guanidine groups is 1. The van der Waals surface area contributed by atoms with Gasteiger partial charge in [0.2, 0.25) is 0 Å². The first-order valence-corrected chi connectivity index (χ1v) is 8.11. The Morgan fingerprint density at radius 2 is 2.00 bits per heavy atom. The molecule has 1 amide bonds. The Morgan fingerprint density at radius 3 is 2.57 bits per heavy atom. The lowest BCUT2D eigenvalue weighted by molar-refractivity contribution is -0.142. The van der Waals surface area contributed by atoms with Crippen LogP contribution in [0.4, 0.5) is 0 Å². The van der Waals surface area contributed by atoms with E-state index in [0.717, 1.165) is 64.6 Å². The normalized spacial score (nSPS) is 22.0. The van der Waals surface area contributed by atoms with E-state index >= 15 is 0 Å². The van der Waals surface area contributed by atoms with Crippen LogP contribution in [0.2, 0.25) is 0 Å². The molecule has 2 aliphatic heterocycles. The van der Waals surface area contributed by atoms with Crippen LogP contribution in [0.25, 0.3) is 0 Å².